The molecule has 0 bridgehead atoms. The summed E-state index contributed by atoms with van der Waals surface area (Å²) in [7, 11) is 0. The summed E-state index contributed by atoms with van der Waals surface area (Å²) >= 11 is 7.37. The predicted octanol–water partition coefficient (Wildman–Crippen LogP) is 6.39. The molecule has 1 unspecified atom stereocenters. The minimum Gasteiger partial charge on any atom is -0.389 e. The second kappa shape index (κ2) is 9.93. The van der Waals surface area contributed by atoms with E-state index in [-0.39, 0.29) is 0 Å². The van der Waals surface area contributed by atoms with Crippen molar-refractivity contribution in [1.29, 1.82) is 0 Å². The van der Waals surface area contributed by atoms with Gasteiger partial charge < -0.3 is 15.5 Å². The maximum atomic E-state index is 6.22. The lowest BCUT2D eigenvalue weighted by molar-refractivity contribution is 0.219. The molecule has 2 aromatic carbocycles. The molecule has 0 radical (unpaired) electrons. The molecule has 166 valence electrons. The van der Waals surface area contributed by atoms with Crippen LogP contribution in [0.15, 0.2) is 46.2 Å². The van der Waals surface area contributed by atoms with Crippen LogP contribution in [0.3, 0.4) is 0 Å². The molecule has 2 aliphatic rings. The third kappa shape index (κ3) is 4.94. The summed E-state index contributed by atoms with van der Waals surface area (Å²) in [6.07, 6.45) is 6.14. The lowest BCUT2D eigenvalue weighted by Crippen LogP contribution is -2.43. The molecule has 2 heterocycles. The molecule has 0 aliphatic carbocycles. The zero-order valence-corrected chi connectivity index (χ0v) is 20.7. The summed E-state index contributed by atoms with van der Waals surface area (Å²) in [5.41, 5.74) is 11.2. The fraction of sp³-hybridized carbons (Fsp3) is 0.500. The van der Waals surface area contributed by atoms with Crippen molar-refractivity contribution < 1.29 is 0 Å². The van der Waals surface area contributed by atoms with Crippen molar-refractivity contribution in [3.05, 3.63) is 47.5 Å². The van der Waals surface area contributed by atoms with Gasteiger partial charge in [0.05, 0.1) is 11.4 Å². The number of hydrogen-bond acceptors (Lipinski definition) is 4. The Labute approximate surface area is 197 Å². The predicted molar refractivity (Wildman–Crippen MR) is 138 cm³/mol. The van der Waals surface area contributed by atoms with Crippen LogP contribution in [0.2, 0.25) is 0 Å². The molecule has 0 amide bonds. The molecule has 2 N–H and O–H groups in total. The van der Waals surface area contributed by atoms with Crippen LogP contribution < -0.4 is 10.6 Å². The molecule has 5 heteroatoms. The molecule has 0 aromatic heterocycles. The maximum Gasteiger partial charge on any atom is 0.104 e. The first-order valence-electron chi connectivity index (χ1n) is 11.7. The molecule has 3 nitrogen and oxygen atoms in total. The smallest absolute Gasteiger partial charge is 0.104 e. The van der Waals surface area contributed by atoms with Crippen molar-refractivity contribution in [3.63, 3.8) is 0 Å². The van der Waals surface area contributed by atoms with Gasteiger partial charge in [-0.25, -0.2) is 0 Å². The van der Waals surface area contributed by atoms with Gasteiger partial charge in [0.2, 0.25) is 0 Å². The van der Waals surface area contributed by atoms with Gasteiger partial charge in [-0.15, -0.1) is 0 Å². The summed E-state index contributed by atoms with van der Waals surface area (Å²) in [5, 5.41) is 0. The summed E-state index contributed by atoms with van der Waals surface area (Å²) in [6, 6.07) is 13.6. The van der Waals surface area contributed by atoms with Gasteiger partial charge in [-0.05, 0) is 75.4 Å². The van der Waals surface area contributed by atoms with Crippen LogP contribution in [0.5, 0.6) is 0 Å². The average Bonchev–Trinajstić information content (AvgIpc) is 2.76. The fourth-order valence-corrected chi connectivity index (χ4v) is 6.21. The van der Waals surface area contributed by atoms with Crippen molar-refractivity contribution in [2.24, 2.45) is 11.7 Å². The largest absolute Gasteiger partial charge is 0.389 e. The van der Waals surface area contributed by atoms with Crippen LogP contribution in [0.25, 0.3) is 0 Å². The highest BCUT2D eigenvalue weighted by molar-refractivity contribution is 7.99. The number of fused-ring (bicyclic) bond motifs is 2. The Balaban J connectivity index is 1.80. The lowest BCUT2D eigenvalue weighted by atomic mass is 9.95. The van der Waals surface area contributed by atoms with E-state index in [0.29, 0.717) is 16.9 Å². The van der Waals surface area contributed by atoms with Gasteiger partial charge in [-0.2, -0.15) is 0 Å². The number of anilines is 2. The van der Waals surface area contributed by atoms with Crippen LogP contribution in [0.1, 0.15) is 57.6 Å². The molecule has 2 aromatic rings. The van der Waals surface area contributed by atoms with E-state index in [1.807, 2.05) is 11.8 Å². The van der Waals surface area contributed by atoms with Crippen LogP contribution in [-0.2, 0) is 6.42 Å². The number of thiocarbonyl (C=S) groups is 1. The number of piperidine rings is 1. The SMILES string of the molecule is CC(C)CCc1c(C(N)=S)ccc2c1N(C(C)CN1CCCCC1)c1ccccc1S2. The molecular weight excluding hydrogens is 418 g/mol. The third-order valence-electron chi connectivity index (χ3n) is 6.48. The van der Waals surface area contributed by atoms with E-state index in [2.05, 4.69) is 67.0 Å². The van der Waals surface area contributed by atoms with E-state index < -0.39 is 0 Å². The van der Waals surface area contributed by atoms with Gasteiger partial charge in [0, 0.05) is 27.9 Å². The zero-order chi connectivity index (χ0) is 22.0. The van der Waals surface area contributed by atoms with Gasteiger partial charge >= 0.3 is 0 Å². The van der Waals surface area contributed by atoms with Crippen molar-refractivity contribution >= 4 is 40.3 Å². The van der Waals surface area contributed by atoms with E-state index in [1.54, 1.807) is 0 Å². The maximum absolute atomic E-state index is 6.22. The van der Waals surface area contributed by atoms with E-state index in [9.17, 15) is 0 Å². The summed E-state index contributed by atoms with van der Waals surface area (Å²) in [4.78, 5) is 8.40. The molecule has 1 saturated heterocycles. The summed E-state index contributed by atoms with van der Waals surface area (Å²) < 4.78 is 0. The van der Waals surface area contributed by atoms with E-state index in [1.165, 1.54) is 59.1 Å². The third-order valence-corrected chi connectivity index (χ3v) is 7.81. The van der Waals surface area contributed by atoms with Crippen molar-refractivity contribution in [2.45, 2.75) is 68.7 Å². The van der Waals surface area contributed by atoms with Crippen LogP contribution in [-0.4, -0.2) is 35.6 Å². The van der Waals surface area contributed by atoms with Gasteiger partial charge in [-0.3, -0.25) is 0 Å². The molecule has 0 spiro atoms. The van der Waals surface area contributed by atoms with E-state index in [4.69, 9.17) is 18.0 Å². The minimum atomic E-state index is 0.373. The van der Waals surface area contributed by atoms with Crippen LogP contribution in [0, 0.1) is 5.92 Å². The number of nitrogens with two attached hydrogens (primary N) is 1. The second-order valence-corrected chi connectivity index (χ2v) is 10.9. The van der Waals surface area contributed by atoms with Crippen LogP contribution >= 0.6 is 24.0 Å². The molecule has 1 fully saturated rings. The molecule has 4 rings (SSSR count). The van der Waals surface area contributed by atoms with Gasteiger partial charge in [0.25, 0.3) is 0 Å². The van der Waals surface area contributed by atoms with Gasteiger partial charge in [0.15, 0.2) is 0 Å². The molecule has 1 atom stereocenters. The van der Waals surface area contributed by atoms with Crippen molar-refractivity contribution in [3.8, 4) is 0 Å². The van der Waals surface area contributed by atoms with Gasteiger partial charge in [0.1, 0.15) is 4.99 Å². The Kier molecular flexibility index (Phi) is 7.25. The number of rotatable bonds is 7. The Morgan fingerprint density at radius 2 is 1.77 bits per heavy atom. The fourth-order valence-electron chi connectivity index (χ4n) is 4.91. The standard InChI is InChI=1S/C26H35N3S2/c1-18(2)11-12-20-21(26(27)30)13-14-24-25(20)29(22-9-5-6-10-23(22)31-24)19(3)17-28-15-7-4-8-16-28/h5-6,9-10,13-14,18-19H,4,7-8,11-12,15-17H2,1-3H3,(H2,27,30). The van der Waals surface area contributed by atoms with Crippen molar-refractivity contribution in [2.75, 3.05) is 24.5 Å². The monoisotopic (exact) mass is 453 g/mol. The number of benzene rings is 2. The highest BCUT2D eigenvalue weighted by Gasteiger charge is 2.31. The number of nitrogens with zero attached hydrogens (tertiary/aromatic N) is 2. The first kappa shape index (κ1) is 22.6. The Bertz CT molecular complexity index is 934. The number of para-hydroxylation sites is 1. The Morgan fingerprint density at radius 1 is 1.03 bits per heavy atom. The highest BCUT2D eigenvalue weighted by Crippen LogP contribution is 2.51. The van der Waals surface area contributed by atoms with E-state index in [0.717, 1.165) is 24.9 Å². The quantitative estimate of drug-likeness (QED) is 0.491. The first-order valence-corrected chi connectivity index (χ1v) is 12.9. The summed E-state index contributed by atoms with van der Waals surface area (Å²) in [5.74, 6) is 0.637. The molecule has 2 aliphatic heterocycles. The average molecular weight is 454 g/mol. The number of hydrogen-bond donors (Lipinski definition) is 1. The lowest BCUT2D eigenvalue weighted by Gasteiger charge is -2.41. The van der Waals surface area contributed by atoms with Crippen LogP contribution in [0.4, 0.5) is 11.4 Å². The number of likely N-dealkylation sites (tertiary alicyclic amines) is 1. The molecule has 0 saturated carbocycles. The van der Waals surface area contributed by atoms with Gasteiger partial charge in [-0.1, -0.05) is 62.4 Å². The highest BCUT2D eigenvalue weighted by atomic mass is 32.2. The molecule has 31 heavy (non-hydrogen) atoms. The Hall–Kier alpha value is -1.56. The van der Waals surface area contributed by atoms with Crippen molar-refractivity contribution in [1.82, 2.24) is 4.90 Å². The van der Waals surface area contributed by atoms with E-state index >= 15 is 0 Å². The minimum absolute atomic E-state index is 0.373. The zero-order valence-electron chi connectivity index (χ0n) is 19.1. The first-order chi connectivity index (χ1) is 15.0. The Morgan fingerprint density at radius 3 is 2.48 bits per heavy atom. The second-order valence-electron chi connectivity index (χ2n) is 9.39. The summed E-state index contributed by atoms with van der Waals surface area (Å²) in [6.45, 7) is 10.5. The molecular formula is C26H35N3S2. The topological polar surface area (TPSA) is 32.5 Å². The normalized spacial score (nSPS) is 17.4.